The van der Waals surface area contributed by atoms with Gasteiger partial charge in [-0.15, -0.1) is 12.4 Å². The highest BCUT2D eigenvalue weighted by atomic mass is 35.5. The van der Waals surface area contributed by atoms with Gasteiger partial charge in [-0.1, -0.05) is 19.9 Å². The van der Waals surface area contributed by atoms with Gasteiger partial charge in [-0.05, 0) is 42.8 Å². The Balaban J connectivity index is 0.00000392. The molecule has 0 aromatic heterocycles. The molecule has 3 N–H and O–H groups in total. The van der Waals surface area contributed by atoms with Gasteiger partial charge in [0.05, 0.1) is 17.7 Å². The van der Waals surface area contributed by atoms with E-state index in [0.29, 0.717) is 35.8 Å². The number of ether oxygens (including phenoxy) is 1. The van der Waals surface area contributed by atoms with E-state index in [4.69, 9.17) is 10.5 Å². The summed E-state index contributed by atoms with van der Waals surface area (Å²) in [6, 6.07) is 9.53. The Labute approximate surface area is 172 Å². The fraction of sp³-hybridized carbons (Fsp3) is 0.316. The molecule has 0 radical (unpaired) electrons. The van der Waals surface area contributed by atoms with Crippen LogP contribution in [0.25, 0.3) is 0 Å². The van der Waals surface area contributed by atoms with Crippen molar-refractivity contribution in [2.75, 3.05) is 31.2 Å². The summed E-state index contributed by atoms with van der Waals surface area (Å²) < 4.78 is 32.1. The number of sulfonamides is 1. The van der Waals surface area contributed by atoms with Crippen molar-refractivity contribution in [3.63, 3.8) is 0 Å². The van der Waals surface area contributed by atoms with Crippen LogP contribution in [0, 0.1) is 6.92 Å². The molecule has 0 heterocycles. The zero-order chi connectivity index (χ0) is 20.2. The van der Waals surface area contributed by atoms with E-state index < -0.39 is 15.9 Å². The number of hydrogen-bond donors (Lipinski definition) is 2. The number of anilines is 2. The van der Waals surface area contributed by atoms with E-state index in [1.165, 1.54) is 17.5 Å². The smallest absolute Gasteiger partial charge is 0.255 e. The number of benzene rings is 2. The van der Waals surface area contributed by atoms with E-state index in [0.717, 1.165) is 0 Å². The molecule has 0 unspecified atom stereocenters. The maximum absolute atomic E-state index is 12.8. The topological polar surface area (TPSA) is 102 Å². The van der Waals surface area contributed by atoms with Crippen LogP contribution in [0.3, 0.4) is 0 Å². The second-order valence-electron chi connectivity index (χ2n) is 5.98. The van der Waals surface area contributed by atoms with Gasteiger partial charge in [0.1, 0.15) is 5.75 Å². The van der Waals surface area contributed by atoms with Crippen molar-refractivity contribution in [3.8, 4) is 5.75 Å². The van der Waals surface area contributed by atoms with Gasteiger partial charge in [0.25, 0.3) is 5.91 Å². The lowest BCUT2D eigenvalue weighted by atomic mass is 10.1. The Kier molecular flexibility index (Phi) is 8.29. The lowest BCUT2D eigenvalue weighted by Crippen LogP contribution is -2.31. The highest BCUT2D eigenvalue weighted by molar-refractivity contribution is 7.89. The minimum absolute atomic E-state index is 0. The largest absolute Gasteiger partial charge is 0.495 e. The molecule has 0 atom stereocenters. The first-order valence-electron chi connectivity index (χ1n) is 8.60. The van der Waals surface area contributed by atoms with E-state index in [9.17, 15) is 13.2 Å². The van der Waals surface area contributed by atoms with Crippen molar-refractivity contribution in [2.24, 2.45) is 0 Å². The molecule has 0 bridgehead atoms. The Morgan fingerprint density at radius 1 is 1.14 bits per heavy atom. The number of methoxy groups -OCH3 is 1. The number of amides is 1. The predicted molar refractivity (Wildman–Crippen MR) is 114 cm³/mol. The summed E-state index contributed by atoms with van der Waals surface area (Å²) in [6.45, 7) is 5.99. The van der Waals surface area contributed by atoms with E-state index in [1.54, 1.807) is 51.1 Å². The van der Waals surface area contributed by atoms with Crippen LogP contribution in [0.2, 0.25) is 0 Å². The van der Waals surface area contributed by atoms with Gasteiger partial charge < -0.3 is 15.8 Å². The summed E-state index contributed by atoms with van der Waals surface area (Å²) in [5, 5.41) is 2.72. The molecule has 2 aromatic carbocycles. The second-order valence-corrected chi connectivity index (χ2v) is 7.89. The molecule has 28 heavy (non-hydrogen) atoms. The highest BCUT2D eigenvalue weighted by Crippen LogP contribution is 2.26. The van der Waals surface area contributed by atoms with Gasteiger partial charge in [0.15, 0.2) is 0 Å². The van der Waals surface area contributed by atoms with E-state index in [1.807, 2.05) is 0 Å². The number of nitrogen functional groups attached to an aromatic ring is 1. The Morgan fingerprint density at radius 3 is 2.32 bits per heavy atom. The molecule has 7 nitrogen and oxygen atoms in total. The monoisotopic (exact) mass is 427 g/mol. The molecule has 154 valence electrons. The van der Waals surface area contributed by atoms with Crippen LogP contribution in [0.4, 0.5) is 11.4 Å². The second kappa shape index (κ2) is 9.77. The third-order valence-electron chi connectivity index (χ3n) is 4.26. The zero-order valence-corrected chi connectivity index (χ0v) is 18.0. The highest BCUT2D eigenvalue weighted by Gasteiger charge is 2.24. The zero-order valence-electron chi connectivity index (χ0n) is 16.4. The Bertz CT molecular complexity index is 944. The van der Waals surface area contributed by atoms with Gasteiger partial charge in [0, 0.05) is 24.3 Å². The number of rotatable bonds is 7. The summed E-state index contributed by atoms with van der Waals surface area (Å²) in [5.41, 5.74) is 7.58. The molecule has 0 saturated heterocycles. The molecule has 0 spiro atoms. The predicted octanol–water partition coefficient (Wildman–Crippen LogP) is 3.29. The summed E-state index contributed by atoms with van der Waals surface area (Å²) in [7, 11) is -2.15. The van der Waals surface area contributed by atoms with Crippen LogP contribution >= 0.6 is 12.4 Å². The maximum atomic E-state index is 12.8. The van der Waals surface area contributed by atoms with E-state index >= 15 is 0 Å². The summed E-state index contributed by atoms with van der Waals surface area (Å²) in [4.78, 5) is 12.7. The minimum atomic E-state index is -3.66. The number of aryl methyl sites for hydroxylation is 1. The number of nitrogens with one attached hydrogen (secondary N) is 1. The van der Waals surface area contributed by atoms with Crippen molar-refractivity contribution in [2.45, 2.75) is 25.7 Å². The minimum Gasteiger partial charge on any atom is -0.495 e. The van der Waals surface area contributed by atoms with Crippen molar-refractivity contribution in [1.82, 2.24) is 4.31 Å². The van der Waals surface area contributed by atoms with Crippen molar-refractivity contribution >= 4 is 39.7 Å². The third kappa shape index (κ3) is 4.95. The average molecular weight is 428 g/mol. The molecular formula is C19H26ClN3O4S. The van der Waals surface area contributed by atoms with Crippen LogP contribution in [0.1, 0.15) is 29.8 Å². The van der Waals surface area contributed by atoms with Crippen molar-refractivity contribution in [1.29, 1.82) is 0 Å². The molecule has 0 aliphatic carbocycles. The van der Waals surface area contributed by atoms with Crippen LogP contribution in [0.15, 0.2) is 41.3 Å². The molecule has 0 saturated carbocycles. The van der Waals surface area contributed by atoms with Crippen molar-refractivity contribution in [3.05, 3.63) is 47.5 Å². The Hall–Kier alpha value is -2.29. The van der Waals surface area contributed by atoms with Crippen LogP contribution in [0.5, 0.6) is 5.75 Å². The number of hydrogen-bond acceptors (Lipinski definition) is 5. The molecule has 0 fully saturated rings. The summed E-state index contributed by atoms with van der Waals surface area (Å²) >= 11 is 0. The SMILES string of the molecule is CCN(CC)S(=O)(=O)c1cc(C(=O)Nc2ccc(OC)c(N)c2)ccc1C.Cl. The van der Waals surface area contributed by atoms with E-state index in [-0.39, 0.29) is 22.9 Å². The first kappa shape index (κ1) is 23.7. The molecular weight excluding hydrogens is 402 g/mol. The van der Waals surface area contributed by atoms with Crippen LogP contribution in [-0.2, 0) is 10.0 Å². The van der Waals surface area contributed by atoms with Crippen LogP contribution in [-0.4, -0.2) is 38.8 Å². The van der Waals surface area contributed by atoms with Gasteiger partial charge in [-0.25, -0.2) is 8.42 Å². The fourth-order valence-corrected chi connectivity index (χ4v) is 4.45. The standard InChI is InChI=1S/C19H25N3O4S.ClH/c1-5-22(6-2)27(24,25)18-11-14(8-7-13(18)3)19(23)21-15-9-10-17(26-4)16(20)12-15;/h7-12H,5-6,20H2,1-4H3,(H,21,23);1H. The molecule has 9 heteroatoms. The molecule has 0 aliphatic heterocycles. The lowest BCUT2D eigenvalue weighted by Gasteiger charge is -2.20. The molecule has 1 amide bonds. The maximum Gasteiger partial charge on any atom is 0.255 e. The number of nitrogens with two attached hydrogens (primary N) is 1. The Morgan fingerprint density at radius 2 is 1.79 bits per heavy atom. The first-order chi connectivity index (χ1) is 12.7. The van der Waals surface area contributed by atoms with Gasteiger partial charge >= 0.3 is 0 Å². The van der Waals surface area contributed by atoms with Gasteiger partial charge in [-0.3, -0.25) is 4.79 Å². The molecule has 2 rings (SSSR count). The van der Waals surface area contributed by atoms with Gasteiger partial charge in [0.2, 0.25) is 10.0 Å². The average Bonchev–Trinajstić information content (AvgIpc) is 2.62. The molecule has 2 aromatic rings. The van der Waals surface area contributed by atoms with Crippen LogP contribution < -0.4 is 15.8 Å². The third-order valence-corrected chi connectivity index (χ3v) is 6.45. The summed E-state index contributed by atoms with van der Waals surface area (Å²) in [5.74, 6) is 0.0894. The summed E-state index contributed by atoms with van der Waals surface area (Å²) in [6.07, 6.45) is 0. The normalized spacial score (nSPS) is 11.0. The van der Waals surface area contributed by atoms with E-state index in [2.05, 4.69) is 5.32 Å². The van der Waals surface area contributed by atoms with Crippen molar-refractivity contribution < 1.29 is 17.9 Å². The lowest BCUT2D eigenvalue weighted by molar-refractivity contribution is 0.102. The number of nitrogens with zero attached hydrogens (tertiary/aromatic N) is 1. The number of carbonyl (C=O) groups is 1. The fourth-order valence-electron chi connectivity index (χ4n) is 2.74. The number of halogens is 1. The van der Waals surface area contributed by atoms with Gasteiger partial charge in [-0.2, -0.15) is 4.31 Å². The molecule has 0 aliphatic rings. The quantitative estimate of drug-likeness (QED) is 0.660. The number of carbonyl (C=O) groups excluding carboxylic acids is 1. The first-order valence-corrected chi connectivity index (χ1v) is 10.0.